The van der Waals surface area contributed by atoms with E-state index in [9.17, 15) is 28.8 Å². The highest BCUT2D eigenvalue weighted by atomic mass is 16.4. The number of hydrogen-bond donors (Lipinski definition) is 3. The van der Waals surface area contributed by atoms with E-state index < -0.39 is 48.7 Å². The molecule has 1 unspecified atom stereocenters. The van der Waals surface area contributed by atoms with Gasteiger partial charge < -0.3 is 25.4 Å². The second-order valence-corrected chi connectivity index (χ2v) is 8.80. The van der Waals surface area contributed by atoms with Crippen LogP contribution in [-0.4, -0.2) is 66.2 Å². The number of aldehydes is 1. The molecule has 0 fully saturated rings. The Hall–Kier alpha value is -4.54. The number of nitrogens with one attached hydrogen (secondary N) is 2. The molecule has 0 aromatic heterocycles. The van der Waals surface area contributed by atoms with Crippen LogP contribution in [0.15, 0.2) is 42.5 Å². The largest absolute Gasteiger partial charge is 0.481 e. The third-order valence-electron chi connectivity index (χ3n) is 5.84. The van der Waals surface area contributed by atoms with E-state index in [1.54, 1.807) is 49.4 Å². The number of fused-ring (bicyclic) bond motifs is 1. The minimum atomic E-state index is -1.28. The Morgan fingerprint density at radius 2 is 1.81 bits per heavy atom. The summed E-state index contributed by atoms with van der Waals surface area (Å²) >= 11 is 0. The zero-order chi connectivity index (χ0) is 27.3. The van der Waals surface area contributed by atoms with Gasteiger partial charge in [-0.3, -0.25) is 28.9 Å². The van der Waals surface area contributed by atoms with Gasteiger partial charge in [0, 0.05) is 12.5 Å². The van der Waals surface area contributed by atoms with E-state index in [1.807, 2.05) is 6.92 Å². The van der Waals surface area contributed by atoms with Gasteiger partial charge in [0.15, 0.2) is 0 Å². The number of aryl methyl sites for hydroxylation is 2. The molecule has 0 saturated carbocycles. The molecule has 194 valence electrons. The summed E-state index contributed by atoms with van der Waals surface area (Å²) in [4.78, 5) is 77.0. The maximum atomic E-state index is 13.8. The van der Waals surface area contributed by atoms with Gasteiger partial charge in [-0.2, -0.15) is 0 Å². The molecular weight excluding hydrogens is 480 g/mol. The molecule has 2 aromatic carbocycles. The molecule has 0 spiro atoms. The maximum absolute atomic E-state index is 13.8. The first-order chi connectivity index (χ1) is 17.5. The van der Waals surface area contributed by atoms with Crippen LogP contribution < -0.4 is 20.4 Å². The van der Waals surface area contributed by atoms with Crippen LogP contribution in [0.2, 0.25) is 0 Å². The molecule has 11 heteroatoms. The Balaban J connectivity index is 2.03. The fourth-order valence-electron chi connectivity index (χ4n) is 4.26. The number of anilines is 2. The summed E-state index contributed by atoms with van der Waals surface area (Å²) in [6, 6.07) is 9.26. The van der Waals surface area contributed by atoms with Crippen LogP contribution in [0.4, 0.5) is 11.4 Å². The van der Waals surface area contributed by atoms with Crippen LogP contribution in [-0.2, 0) is 24.0 Å². The van der Waals surface area contributed by atoms with Crippen molar-refractivity contribution in [2.75, 3.05) is 22.9 Å². The predicted octanol–water partition coefficient (Wildman–Crippen LogP) is 0.960. The molecule has 1 heterocycles. The van der Waals surface area contributed by atoms with Gasteiger partial charge in [-0.1, -0.05) is 24.3 Å². The van der Waals surface area contributed by atoms with E-state index in [1.165, 1.54) is 11.8 Å². The Bertz CT molecular complexity index is 1240. The Kier molecular flexibility index (Phi) is 8.38. The first-order valence-corrected chi connectivity index (χ1v) is 11.5. The smallest absolute Gasteiger partial charge is 0.305 e. The van der Waals surface area contributed by atoms with E-state index in [-0.39, 0.29) is 12.5 Å². The standard InChI is InChI=1S/C26H28N4O7/c1-15-9-16(2)24-21(10-15)29(17(3)32)12-20(28-25(36)18-7-5-4-6-8-18)26(37)30(24)13-22(33)27-19(14-31)11-23(34)35/h4-10,14,19-20H,11-13H2,1-3H3,(H,27,33)(H,28,36)(H,34,35)/t19-,20?/m0/s1. The summed E-state index contributed by atoms with van der Waals surface area (Å²) in [7, 11) is 0. The Morgan fingerprint density at radius 3 is 2.41 bits per heavy atom. The molecular formula is C26H28N4O7. The first kappa shape index (κ1) is 27.1. The molecule has 1 aliphatic rings. The van der Waals surface area contributed by atoms with Gasteiger partial charge in [0.25, 0.3) is 11.8 Å². The van der Waals surface area contributed by atoms with Crippen LogP contribution in [0.5, 0.6) is 0 Å². The number of hydrogen-bond acceptors (Lipinski definition) is 6. The van der Waals surface area contributed by atoms with Crippen LogP contribution in [0.1, 0.15) is 34.8 Å². The van der Waals surface area contributed by atoms with E-state index >= 15 is 0 Å². The van der Waals surface area contributed by atoms with Crippen molar-refractivity contribution in [1.82, 2.24) is 10.6 Å². The van der Waals surface area contributed by atoms with Gasteiger partial charge in [0.05, 0.1) is 30.4 Å². The third kappa shape index (κ3) is 6.37. The molecule has 0 aliphatic carbocycles. The predicted molar refractivity (Wildman–Crippen MR) is 134 cm³/mol. The molecule has 2 aromatic rings. The number of carbonyl (C=O) groups excluding carboxylic acids is 5. The number of rotatable bonds is 8. The van der Waals surface area contributed by atoms with Crippen molar-refractivity contribution < 1.29 is 33.9 Å². The van der Waals surface area contributed by atoms with E-state index in [0.29, 0.717) is 28.8 Å². The molecule has 3 rings (SSSR count). The van der Waals surface area contributed by atoms with Gasteiger partial charge in [-0.05, 0) is 43.2 Å². The average Bonchev–Trinajstić information content (AvgIpc) is 2.94. The van der Waals surface area contributed by atoms with Crippen molar-refractivity contribution in [2.24, 2.45) is 0 Å². The number of benzene rings is 2. The van der Waals surface area contributed by atoms with Gasteiger partial charge >= 0.3 is 5.97 Å². The number of aliphatic carboxylic acids is 1. The monoisotopic (exact) mass is 508 g/mol. The van der Waals surface area contributed by atoms with Gasteiger partial charge in [-0.25, -0.2) is 0 Å². The topological polar surface area (TPSA) is 153 Å². The zero-order valence-electron chi connectivity index (χ0n) is 20.7. The zero-order valence-corrected chi connectivity index (χ0v) is 20.7. The van der Waals surface area contributed by atoms with E-state index in [4.69, 9.17) is 5.11 Å². The lowest BCUT2D eigenvalue weighted by Gasteiger charge is -2.27. The minimum Gasteiger partial charge on any atom is -0.481 e. The second-order valence-electron chi connectivity index (χ2n) is 8.80. The highest BCUT2D eigenvalue weighted by Gasteiger charge is 2.38. The fraction of sp³-hybridized carbons (Fsp3) is 0.308. The highest BCUT2D eigenvalue weighted by Crippen LogP contribution is 2.37. The normalized spacial score (nSPS) is 15.8. The van der Waals surface area contributed by atoms with Crippen molar-refractivity contribution in [3.8, 4) is 0 Å². The van der Waals surface area contributed by atoms with Crippen molar-refractivity contribution in [2.45, 2.75) is 39.3 Å². The van der Waals surface area contributed by atoms with Crippen molar-refractivity contribution in [3.05, 3.63) is 59.2 Å². The van der Waals surface area contributed by atoms with Crippen molar-refractivity contribution >= 4 is 47.3 Å². The Labute approximate surface area is 213 Å². The number of carbonyl (C=O) groups is 6. The highest BCUT2D eigenvalue weighted by molar-refractivity contribution is 6.11. The molecule has 0 saturated heterocycles. The minimum absolute atomic E-state index is 0.170. The average molecular weight is 509 g/mol. The molecule has 11 nitrogen and oxygen atoms in total. The first-order valence-electron chi connectivity index (χ1n) is 11.5. The van der Waals surface area contributed by atoms with Crippen LogP contribution in [0.25, 0.3) is 0 Å². The van der Waals surface area contributed by atoms with E-state index in [2.05, 4.69) is 10.6 Å². The molecule has 3 N–H and O–H groups in total. The molecule has 1 aliphatic heterocycles. The summed E-state index contributed by atoms with van der Waals surface area (Å²) in [5.74, 6) is -3.60. The van der Waals surface area contributed by atoms with Crippen LogP contribution >= 0.6 is 0 Å². The molecule has 37 heavy (non-hydrogen) atoms. The number of carboxylic acid groups (broad SMARTS) is 1. The quantitative estimate of drug-likeness (QED) is 0.449. The number of nitrogens with zero attached hydrogens (tertiary/aromatic N) is 2. The van der Waals surface area contributed by atoms with Gasteiger partial charge in [-0.15, -0.1) is 0 Å². The lowest BCUT2D eigenvalue weighted by molar-refractivity contribution is -0.139. The van der Waals surface area contributed by atoms with Crippen LogP contribution in [0, 0.1) is 13.8 Å². The van der Waals surface area contributed by atoms with Crippen molar-refractivity contribution in [1.29, 1.82) is 0 Å². The molecule has 0 bridgehead atoms. The lowest BCUT2D eigenvalue weighted by atomic mass is 10.1. The molecule has 2 atom stereocenters. The summed E-state index contributed by atoms with van der Waals surface area (Å²) < 4.78 is 0. The van der Waals surface area contributed by atoms with Gasteiger partial charge in [0.2, 0.25) is 11.8 Å². The summed E-state index contributed by atoms with van der Waals surface area (Å²) in [5.41, 5.74) is 2.42. The molecule has 4 amide bonds. The lowest BCUT2D eigenvalue weighted by Crippen LogP contribution is -2.54. The van der Waals surface area contributed by atoms with E-state index in [0.717, 1.165) is 10.5 Å². The summed E-state index contributed by atoms with van der Waals surface area (Å²) in [5, 5.41) is 13.9. The number of amides is 4. The summed E-state index contributed by atoms with van der Waals surface area (Å²) in [6.45, 7) is 4.15. The number of carboxylic acids is 1. The second kappa shape index (κ2) is 11.5. The maximum Gasteiger partial charge on any atom is 0.305 e. The third-order valence-corrected chi connectivity index (χ3v) is 5.84. The van der Waals surface area contributed by atoms with Crippen molar-refractivity contribution in [3.63, 3.8) is 0 Å². The Morgan fingerprint density at radius 1 is 1.14 bits per heavy atom. The molecule has 0 radical (unpaired) electrons. The summed E-state index contributed by atoms with van der Waals surface area (Å²) in [6.07, 6.45) is -0.314. The van der Waals surface area contributed by atoms with Crippen LogP contribution in [0.3, 0.4) is 0 Å². The fourth-order valence-corrected chi connectivity index (χ4v) is 4.26. The van der Waals surface area contributed by atoms with Gasteiger partial charge in [0.1, 0.15) is 18.9 Å². The SMILES string of the molecule is CC(=O)N1CC(NC(=O)c2ccccc2)C(=O)N(CC(=O)N[C@H](C=O)CC(=O)O)c2c(C)cc(C)cc21.